The molecule has 2 aromatic heterocycles. The second-order valence-corrected chi connectivity index (χ2v) is 11.4. The lowest BCUT2D eigenvalue weighted by atomic mass is 10.00. The molecule has 0 aliphatic carbocycles. The van der Waals surface area contributed by atoms with Crippen LogP contribution in [0.5, 0.6) is 0 Å². The number of nitrogens with zero attached hydrogens (tertiary/aromatic N) is 3. The van der Waals surface area contributed by atoms with E-state index in [0.717, 1.165) is 10.9 Å². The third-order valence-electron chi connectivity index (χ3n) is 5.76. The molecule has 4 heterocycles. The number of rotatable bonds is 9. The summed E-state index contributed by atoms with van der Waals surface area (Å²) >= 11 is 0. The number of nitrogen functional groups attached to an aromatic ring is 1. The number of nitrogens with two attached hydrogens (primary N) is 1. The summed E-state index contributed by atoms with van der Waals surface area (Å²) in [6.45, 7) is -1.89. The topological polar surface area (TPSA) is 332 Å². The molecule has 21 nitrogen and oxygen atoms in total. The maximum Gasteiger partial charge on any atom is 0.483 e. The van der Waals surface area contributed by atoms with Gasteiger partial charge in [-0.2, -0.15) is 9.29 Å². The number of aliphatic hydroxyl groups is 6. The molecule has 0 radical (unpaired) electrons. The van der Waals surface area contributed by atoms with Gasteiger partial charge in [-0.3, -0.25) is 23.4 Å². The van der Waals surface area contributed by atoms with Gasteiger partial charge in [0.15, 0.2) is 23.7 Å². The van der Waals surface area contributed by atoms with E-state index in [1.165, 1.54) is 0 Å². The molecule has 39 heavy (non-hydrogen) atoms. The van der Waals surface area contributed by atoms with Crippen LogP contribution in [-0.4, -0.2) is 122 Å². The average molecular weight is 605 g/mol. The van der Waals surface area contributed by atoms with Crippen molar-refractivity contribution in [3.8, 4) is 0 Å². The first-order chi connectivity index (χ1) is 18.1. The Bertz CT molecular complexity index is 1340. The highest BCUT2D eigenvalue weighted by Crippen LogP contribution is 2.61. The SMILES string of the molecule is Nc1nc2c(ncn2[C@H]2O[C@@H](COP(=O)(O)OP(=O)(O)OC3O[C@H](CO)[C@@H](O)[C@H](O)[C@@H]3O)[C@H](O)[C@@H]2O)c(=O)[nH]1. The lowest BCUT2D eigenvalue weighted by Crippen LogP contribution is -2.58. The fourth-order valence-electron chi connectivity index (χ4n) is 3.85. The van der Waals surface area contributed by atoms with Crippen LogP contribution in [0.25, 0.3) is 11.2 Å². The number of hydrogen-bond acceptors (Lipinski definition) is 17. The van der Waals surface area contributed by atoms with Crippen molar-refractivity contribution in [2.45, 2.75) is 55.2 Å². The first-order valence-electron chi connectivity index (χ1n) is 10.9. The number of imidazole rings is 1. The van der Waals surface area contributed by atoms with Gasteiger partial charge in [-0.05, 0) is 0 Å². The number of phosphoric ester groups is 2. The molecule has 2 saturated heterocycles. The minimum Gasteiger partial charge on any atom is -0.394 e. The summed E-state index contributed by atoms with van der Waals surface area (Å²) in [7, 11) is -11.1. The van der Waals surface area contributed by atoms with Gasteiger partial charge in [0.1, 0.15) is 42.7 Å². The van der Waals surface area contributed by atoms with Crippen molar-refractivity contribution in [2.75, 3.05) is 18.9 Å². The summed E-state index contributed by atoms with van der Waals surface area (Å²) in [5.74, 6) is -0.278. The molecule has 2 fully saturated rings. The molecule has 11 N–H and O–H groups in total. The number of phosphoric acid groups is 2. The normalized spacial score (nSPS) is 36.6. The summed E-state index contributed by atoms with van der Waals surface area (Å²) in [4.78, 5) is 41.7. The van der Waals surface area contributed by atoms with Gasteiger partial charge >= 0.3 is 15.6 Å². The van der Waals surface area contributed by atoms with E-state index in [2.05, 4.69) is 28.3 Å². The van der Waals surface area contributed by atoms with Gasteiger partial charge in [-0.1, -0.05) is 0 Å². The molecule has 0 spiro atoms. The Balaban J connectivity index is 1.39. The van der Waals surface area contributed by atoms with Crippen LogP contribution in [0, 0.1) is 0 Å². The molecule has 2 aromatic rings. The largest absolute Gasteiger partial charge is 0.483 e. The van der Waals surface area contributed by atoms with Gasteiger partial charge in [0, 0.05) is 0 Å². The summed E-state index contributed by atoms with van der Waals surface area (Å²) < 4.78 is 49.1. The van der Waals surface area contributed by atoms with Crippen molar-refractivity contribution in [2.24, 2.45) is 0 Å². The zero-order valence-corrected chi connectivity index (χ0v) is 21.1. The van der Waals surface area contributed by atoms with Crippen LogP contribution in [0.15, 0.2) is 11.1 Å². The Morgan fingerprint density at radius 2 is 1.67 bits per heavy atom. The van der Waals surface area contributed by atoms with E-state index in [9.17, 15) is 49.2 Å². The predicted molar refractivity (Wildman–Crippen MR) is 120 cm³/mol. The van der Waals surface area contributed by atoms with Gasteiger partial charge in [0.05, 0.1) is 19.5 Å². The highest BCUT2D eigenvalue weighted by atomic mass is 31.3. The lowest BCUT2D eigenvalue weighted by molar-refractivity contribution is -0.280. The van der Waals surface area contributed by atoms with E-state index in [1.807, 2.05) is 0 Å². The number of aromatic amines is 1. The molecule has 2 aliphatic rings. The smallest absolute Gasteiger partial charge is 0.394 e. The van der Waals surface area contributed by atoms with E-state index >= 15 is 0 Å². The average Bonchev–Trinajstić information content (AvgIpc) is 3.38. The van der Waals surface area contributed by atoms with Crippen molar-refractivity contribution in [3.63, 3.8) is 0 Å². The highest BCUT2D eigenvalue weighted by molar-refractivity contribution is 7.61. The number of ether oxygens (including phenoxy) is 2. The predicted octanol–water partition coefficient (Wildman–Crippen LogP) is -4.63. The summed E-state index contributed by atoms with van der Waals surface area (Å²) in [5.41, 5.74) is 4.54. The van der Waals surface area contributed by atoms with E-state index in [-0.39, 0.29) is 17.1 Å². The quantitative estimate of drug-likeness (QED) is 0.120. The van der Waals surface area contributed by atoms with Crippen LogP contribution in [0.1, 0.15) is 6.23 Å². The summed E-state index contributed by atoms with van der Waals surface area (Å²) in [5, 5.41) is 59.2. The zero-order valence-electron chi connectivity index (χ0n) is 19.3. The molecule has 220 valence electrons. The number of aliphatic hydroxyl groups excluding tert-OH is 6. The Labute approximate surface area is 216 Å². The molecule has 3 unspecified atom stereocenters. The van der Waals surface area contributed by atoms with Gasteiger partial charge in [0.2, 0.25) is 5.95 Å². The standard InChI is InChI=1S/C16H25N5O16P2/c17-16-19-12-6(13(28)20-16)18-3-21(12)14-10(26)8(24)5(34-14)2-33-38(29,30)37-39(31,32)36-15-11(27)9(25)7(23)4(1-22)35-15/h3-5,7-11,14-15,22-27H,1-2H2,(H,29,30)(H,31,32)(H3,17,19,20,28)/t4-,5+,7-,8+,9+,10+,11+,14+,15?/m1/s1. The fraction of sp³-hybridized carbons (Fsp3) is 0.688. The van der Waals surface area contributed by atoms with Crippen LogP contribution < -0.4 is 11.3 Å². The first kappa shape index (κ1) is 30.1. The van der Waals surface area contributed by atoms with Crippen LogP contribution >= 0.6 is 15.6 Å². The molecule has 4 rings (SSSR count). The minimum absolute atomic E-state index is 0.114. The number of anilines is 1. The number of hydrogen-bond donors (Lipinski definition) is 10. The monoisotopic (exact) mass is 605 g/mol. The number of fused-ring (bicyclic) bond motifs is 1. The Kier molecular flexibility index (Phi) is 8.60. The van der Waals surface area contributed by atoms with Gasteiger partial charge in [-0.25, -0.2) is 14.1 Å². The van der Waals surface area contributed by atoms with E-state index in [1.54, 1.807) is 0 Å². The summed E-state index contributed by atoms with van der Waals surface area (Å²) in [6.07, 6.45) is -15.0. The number of H-pyrrole nitrogens is 1. The zero-order chi connectivity index (χ0) is 28.9. The third-order valence-corrected chi connectivity index (χ3v) is 8.36. The van der Waals surface area contributed by atoms with Crippen LogP contribution in [0.3, 0.4) is 0 Å². The number of nitrogens with one attached hydrogen (secondary N) is 1. The third kappa shape index (κ3) is 6.22. The second-order valence-electron chi connectivity index (χ2n) is 8.44. The summed E-state index contributed by atoms with van der Waals surface area (Å²) in [6, 6.07) is 0. The lowest BCUT2D eigenvalue weighted by Gasteiger charge is -2.39. The van der Waals surface area contributed by atoms with Crippen molar-refractivity contribution in [1.82, 2.24) is 19.5 Å². The maximum atomic E-state index is 12.3. The van der Waals surface area contributed by atoms with Crippen molar-refractivity contribution >= 4 is 32.8 Å². The van der Waals surface area contributed by atoms with Crippen LogP contribution in [-0.2, 0) is 32.0 Å². The first-order valence-corrected chi connectivity index (χ1v) is 13.9. The van der Waals surface area contributed by atoms with Gasteiger partial charge in [-0.15, -0.1) is 0 Å². The van der Waals surface area contributed by atoms with Crippen LogP contribution in [0.2, 0.25) is 0 Å². The van der Waals surface area contributed by atoms with Crippen LogP contribution in [0.4, 0.5) is 5.95 Å². The van der Waals surface area contributed by atoms with Gasteiger partial charge < -0.3 is 55.6 Å². The molecule has 0 bridgehead atoms. The van der Waals surface area contributed by atoms with Crippen molar-refractivity contribution in [1.29, 1.82) is 0 Å². The molecule has 0 amide bonds. The maximum absolute atomic E-state index is 12.3. The minimum atomic E-state index is -5.60. The van der Waals surface area contributed by atoms with Crippen molar-refractivity contribution in [3.05, 3.63) is 16.7 Å². The van der Waals surface area contributed by atoms with E-state index in [4.69, 9.17) is 20.3 Å². The molecular weight excluding hydrogens is 580 g/mol. The second kappa shape index (κ2) is 11.2. The van der Waals surface area contributed by atoms with Gasteiger partial charge in [0.25, 0.3) is 5.56 Å². The molecule has 11 atom stereocenters. The number of aromatic nitrogens is 4. The van der Waals surface area contributed by atoms with E-state index < -0.39 is 89.7 Å². The highest BCUT2D eigenvalue weighted by Gasteiger charge is 2.49. The molecular formula is C16H25N5O16P2. The fourth-order valence-corrected chi connectivity index (χ4v) is 6.01. The molecule has 0 saturated carbocycles. The Morgan fingerprint density at radius 3 is 2.33 bits per heavy atom. The molecule has 0 aromatic carbocycles. The van der Waals surface area contributed by atoms with E-state index in [0.29, 0.717) is 0 Å². The Hall–Kier alpha value is -1.91. The molecule has 23 heteroatoms. The molecule has 2 aliphatic heterocycles. The van der Waals surface area contributed by atoms with Crippen molar-refractivity contribution < 1.29 is 72.4 Å². The Morgan fingerprint density at radius 1 is 1.00 bits per heavy atom.